The fourth-order valence-corrected chi connectivity index (χ4v) is 3.52. The van der Waals surface area contributed by atoms with Crippen LogP contribution in [-0.2, 0) is 25.7 Å². The molecule has 0 fully saturated rings. The molecule has 0 N–H and O–H groups in total. The Hall–Kier alpha value is -1.84. The van der Waals surface area contributed by atoms with Crippen molar-refractivity contribution in [2.75, 3.05) is 0 Å². The zero-order valence-electron chi connectivity index (χ0n) is 18.0. The first-order chi connectivity index (χ1) is 13.2. The molecule has 0 bridgehead atoms. The van der Waals surface area contributed by atoms with Crippen LogP contribution in [0.2, 0.25) is 0 Å². The summed E-state index contributed by atoms with van der Waals surface area (Å²) in [5, 5.41) is 0. The summed E-state index contributed by atoms with van der Waals surface area (Å²) < 4.78 is 17.2. The van der Waals surface area contributed by atoms with Crippen LogP contribution in [-0.4, -0.2) is 32.5 Å². The van der Waals surface area contributed by atoms with Gasteiger partial charge in [0.1, 0.15) is 0 Å². The van der Waals surface area contributed by atoms with Crippen LogP contribution in [0, 0.1) is 0 Å². The predicted octanol–water partition coefficient (Wildman–Crippen LogP) is 4.84. The molecule has 0 heterocycles. The third kappa shape index (κ3) is 13.3. The number of carbonyl (C=O) groups excluding carboxylic acids is 3. The van der Waals surface area contributed by atoms with Crippen LogP contribution >= 0.6 is 0 Å². The number of carbonyl (C=O) groups is 3. The second kappa shape index (κ2) is 15.1. The van der Waals surface area contributed by atoms with E-state index in [0.717, 1.165) is 19.3 Å². The highest BCUT2D eigenvalue weighted by atomic mass is 27.3. The molecule has 0 atom stereocenters. The lowest BCUT2D eigenvalue weighted by molar-refractivity contribution is -0.115. The molecule has 0 aliphatic carbocycles. The minimum atomic E-state index is -2.81. The Kier molecular flexibility index (Phi) is 14.1. The van der Waals surface area contributed by atoms with Gasteiger partial charge in [0.05, 0.1) is 17.3 Å². The van der Waals surface area contributed by atoms with Crippen molar-refractivity contribution in [2.24, 2.45) is 0 Å². The van der Waals surface area contributed by atoms with Crippen LogP contribution in [0.4, 0.5) is 0 Å². The van der Waals surface area contributed by atoms with E-state index in [-0.39, 0.29) is 17.3 Å². The molecular formula is C21H33AlO6. The zero-order valence-corrected chi connectivity index (χ0v) is 19.2. The van der Waals surface area contributed by atoms with Crippen LogP contribution in [0.1, 0.15) is 80.1 Å². The maximum Gasteiger partial charge on any atom is 1.20 e. The largest absolute Gasteiger partial charge is 1.20 e. The topological polar surface area (TPSA) is 78.9 Å². The number of rotatable bonds is 15. The van der Waals surface area contributed by atoms with E-state index in [9.17, 15) is 14.4 Å². The van der Waals surface area contributed by atoms with Gasteiger partial charge in [-0.2, -0.15) is 0 Å². The van der Waals surface area contributed by atoms with Gasteiger partial charge in [0, 0.05) is 37.5 Å². The SMILES string of the molecule is CCCC(=O)/C=C(/C)[O][Al]([O]/C(C)=C\C(=O)CCC)[O]/C(C)=C\C(=O)CCC. The number of allylic oxidation sites excluding steroid dienone is 6. The van der Waals surface area contributed by atoms with Gasteiger partial charge in [-0.1, -0.05) is 20.8 Å². The molecule has 0 aromatic rings. The second-order valence-corrected chi connectivity index (χ2v) is 7.84. The fraction of sp³-hybridized carbons (Fsp3) is 0.571. The van der Waals surface area contributed by atoms with Crippen molar-refractivity contribution in [3.63, 3.8) is 0 Å². The van der Waals surface area contributed by atoms with Gasteiger partial charge in [-0.05, 0) is 40.0 Å². The molecule has 0 unspecified atom stereocenters. The maximum atomic E-state index is 11.8. The molecule has 0 radical (unpaired) electrons. The predicted molar refractivity (Wildman–Crippen MR) is 110 cm³/mol. The van der Waals surface area contributed by atoms with Crippen molar-refractivity contribution in [1.82, 2.24) is 0 Å². The summed E-state index contributed by atoms with van der Waals surface area (Å²) in [5.41, 5.74) is 0. The molecule has 7 heteroatoms. The van der Waals surface area contributed by atoms with Crippen molar-refractivity contribution >= 4 is 32.5 Å². The number of ketones is 3. The smallest absolute Gasteiger partial charge is 0.580 e. The van der Waals surface area contributed by atoms with E-state index in [1.54, 1.807) is 20.8 Å². The summed E-state index contributed by atoms with van der Waals surface area (Å²) in [6.45, 7) is 10.7. The van der Waals surface area contributed by atoms with Gasteiger partial charge in [0.25, 0.3) is 0 Å². The highest BCUT2D eigenvalue weighted by Gasteiger charge is 2.44. The Morgan fingerprint density at radius 1 is 0.607 bits per heavy atom. The highest BCUT2D eigenvalue weighted by molar-refractivity contribution is 6.37. The summed E-state index contributed by atoms with van der Waals surface area (Å²) in [6, 6.07) is 0. The normalized spacial score (nSPS) is 12.4. The molecule has 0 aromatic carbocycles. The van der Waals surface area contributed by atoms with Crippen LogP contribution in [0.15, 0.2) is 35.5 Å². The third-order valence-electron chi connectivity index (χ3n) is 3.43. The average Bonchev–Trinajstić information content (AvgIpc) is 2.54. The van der Waals surface area contributed by atoms with E-state index in [0.29, 0.717) is 36.5 Å². The van der Waals surface area contributed by atoms with Gasteiger partial charge in [-0.3, -0.25) is 14.4 Å². The molecule has 0 aromatic heterocycles. The first kappa shape index (κ1) is 26.2. The molecule has 0 aliphatic rings. The number of hydrogen-bond acceptors (Lipinski definition) is 6. The molecule has 0 amide bonds. The average molecular weight is 408 g/mol. The van der Waals surface area contributed by atoms with Crippen molar-refractivity contribution in [2.45, 2.75) is 80.1 Å². The zero-order chi connectivity index (χ0) is 21.5. The van der Waals surface area contributed by atoms with E-state index in [1.165, 1.54) is 18.2 Å². The Morgan fingerprint density at radius 2 is 0.857 bits per heavy atom. The van der Waals surface area contributed by atoms with Crippen molar-refractivity contribution < 1.29 is 25.7 Å². The van der Waals surface area contributed by atoms with E-state index >= 15 is 0 Å². The highest BCUT2D eigenvalue weighted by Crippen LogP contribution is 2.12. The van der Waals surface area contributed by atoms with E-state index in [4.69, 9.17) is 11.4 Å². The molecule has 0 spiro atoms. The fourth-order valence-electron chi connectivity index (χ4n) is 2.27. The van der Waals surface area contributed by atoms with Crippen LogP contribution in [0.5, 0.6) is 0 Å². The van der Waals surface area contributed by atoms with Gasteiger partial charge in [0.2, 0.25) is 0 Å². The lowest BCUT2D eigenvalue weighted by atomic mass is 10.2. The van der Waals surface area contributed by atoms with Crippen LogP contribution in [0.25, 0.3) is 0 Å². The van der Waals surface area contributed by atoms with Gasteiger partial charge in [0.15, 0.2) is 17.3 Å². The maximum absolute atomic E-state index is 11.8. The first-order valence-electron chi connectivity index (χ1n) is 9.85. The molecular weight excluding hydrogens is 375 g/mol. The quantitative estimate of drug-likeness (QED) is 0.219. The summed E-state index contributed by atoms with van der Waals surface area (Å²) in [5.74, 6) is 1.04. The molecule has 28 heavy (non-hydrogen) atoms. The van der Waals surface area contributed by atoms with Crippen molar-refractivity contribution in [3.05, 3.63) is 35.5 Å². The molecule has 0 saturated carbocycles. The van der Waals surface area contributed by atoms with E-state index < -0.39 is 15.1 Å². The van der Waals surface area contributed by atoms with Crippen molar-refractivity contribution in [3.8, 4) is 0 Å². The van der Waals surface area contributed by atoms with Gasteiger partial charge < -0.3 is 11.4 Å². The Labute approximate surface area is 174 Å². The standard InChI is InChI=1S/3C7H12O2.Al/c3*1-3-4-7(9)5-6(2)8;/h3*5,8H,3-4H2,1-2H3;/q;;;+3/p-3/b3*6-5-;. The van der Waals surface area contributed by atoms with E-state index in [1.807, 2.05) is 20.8 Å². The lowest BCUT2D eigenvalue weighted by Crippen LogP contribution is -2.26. The summed E-state index contributed by atoms with van der Waals surface area (Å²) in [6.07, 6.45) is 7.80. The van der Waals surface area contributed by atoms with Gasteiger partial charge in [-0.15, -0.1) is 0 Å². The molecule has 156 valence electrons. The Bertz CT molecular complexity index is 533. The summed E-state index contributed by atoms with van der Waals surface area (Å²) in [4.78, 5) is 35.3. The first-order valence-corrected chi connectivity index (χ1v) is 11.3. The number of hydrogen-bond donors (Lipinski definition) is 0. The third-order valence-corrected chi connectivity index (χ3v) is 5.12. The van der Waals surface area contributed by atoms with Crippen LogP contribution in [0.3, 0.4) is 0 Å². The van der Waals surface area contributed by atoms with Gasteiger partial charge in [-0.25, -0.2) is 0 Å². The molecule has 6 nitrogen and oxygen atoms in total. The Morgan fingerprint density at radius 3 is 1.07 bits per heavy atom. The van der Waals surface area contributed by atoms with E-state index in [2.05, 4.69) is 0 Å². The Balaban J connectivity index is 5.27. The minimum absolute atomic E-state index is 0.0384. The van der Waals surface area contributed by atoms with Crippen molar-refractivity contribution in [1.29, 1.82) is 0 Å². The van der Waals surface area contributed by atoms with Crippen LogP contribution < -0.4 is 0 Å². The second-order valence-electron chi connectivity index (χ2n) is 6.56. The summed E-state index contributed by atoms with van der Waals surface area (Å²) in [7, 11) is 0. The van der Waals surface area contributed by atoms with Gasteiger partial charge >= 0.3 is 15.1 Å². The molecule has 0 aliphatic heterocycles. The summed E-state index contributed by atoms with van der Waals surface area (Å²) >= 11 is -2.81. The lowest BCUT2D eigenvalue weighted by Gasteiger charge is -2.17. The molecule has 0 saturated heterocycles. The minimum Gasteiger partial charge on any atom is -0.580 e. The monoisotopic (exact) mass is 408 g/mol. The molecule has 0 rings (SSSR count).